The average Bonchev–Trinajstić information content (AvgIpc) is 2.72. The molecule has 0 aliphatic carbocycles. The number of anilines is 4. The van der Waals surface area contributed by atoms with Crippen molar-refractivity contribution in [3.05, 3.63) is 69.4 Å². The number of pyridine rings is 1. The van der Waals surface area contributed by atoms with Crippen molar-refractivity contribution >= 4 is 32.8 Å². The van der Waals surface area contributed by atoms with Gasteiger partial charge >= 0.3 is 0 Å². The molecule has 2 aromatic heterocycles. The number of sulfone groups is 1. The highest BCUT2D eigenvalue weighted by Gasteiger charge is 2.21. The number of nitrogens with one attached hydrogen (secondary N) is 2. The summed E-state index contributed by atoms with van der Waals surface area (Å²) >= 11 is 0. The molecule has 0 saturated heterocycles. The number of aromatic nitrogens is 3. The Hall–Kier alpha value is -3.40. The highest BCUT2D eigenvalue weighted by molar-refractivity contribution is 7.89. The summed E-state index contributed by atoms with van der Waals surface area (Å²) in [5.41, 5.74) is 11.0. The fourth-order valence-corrected chi connectivity index (χ4v) is 4.44. The Morgan fingerprint density at radius 3 is 2.71 bits per heavy atom. The van der Waals surface area contributed by atoms with Crippen LogP contribution in [0.1, 0.15) is 22.4 Å². The highest BCUT2D eigenvalue weighted by Crippen LogP contribution is 2.27. The van der Waals surface area contributed by atoms with E-state index in [1.807, 2.05) is 25.3 Å². The first-order valence-electron chi connectivity index (χ1n) is 9.81. The molecule has 1 aliphatic rings. The molecule has 3 heterocycles. The summed E-state index contributed by atoms with van der Waals surface area (Å²) in [6.45, 7) is 3.19. The van der Waals surface area contributed by atoms with Crippen molar-refractivity contribution in [1.82, 2.24) is 15.0 Å². The highest BCUT2D eigenvalue weighted by atomic mass is 32.2. The maximum atomic E-state index is 11.7. The van der Waals surface area contributed by atoms with Gasteiger partial charge in [0, 0.05) is 36.4 Å². The predicted octanol–water partition coefficient (Wildman–Crippen LogP) is 1.91. The first-order chi connectivity index (χ1) is 14.7. The topological polar surface area (TPSA) is 134 Å². The Bertz CT molecular complexity index is 1290. The first-order valence-corrected chi connectivity index (χ1v) is 11.9. The van der Waals surface area contributed by atoms with Gasteiger partial charge in [0.05, 0.1) is 23.7 Å². The normalized spacial score (nSPS) is 13.7. The minimum absolute atomic E-state index is 0.00709. The van der Waals surface area contributed by atoms with E-state index < -0.39 is 9.84 Å². The van der Waals surface area contributed by atoms with Crippen molar-refractivity contribution < 1.29 is 8.42 Å². The second kappa shape index (κ2) is 8.03. The van der Waals surface area contributed by atoms with E-state index in [0.29, 0.717) is 12.5 Å². The van der Waals surface area contributed by atoms with Crippen LogP contribution in [0.2, 0.25) is 0 Å². The minimum atomic E-state index is -3.07. The van der Waals surface area contributed by atoms with Gasteiger partial charge in [-0.15, -0.1) is 0 Å². The third-order valence-corrected chi connectivity index (χ3v) is 6.16. The molecule has 0 amide bonds. The molecule has 1 aromatic carbocycles. The molecule has 0 unspecified atom stereocenters. The molecule has 0 saturated carbocycles. The maximum Gasteiger partial charge on any atom is 0.271 e. The van der Waals surface area contributed by atoms with Gasteiger partial charge < -0.3 is 20.9 Å². The molecular weight excluding hydrogens is 416 g/mol. The Morgan fingerprint density at radius 1 is 1.26 bits per heavy atom. The number of nitrogens with two attached hydrogens (primary N) is 1. The van der Waals surface area contributed by atoms with Crippen molar-refractivity contribution in [2.75, 3.05) is 28.8 Å². The predicted molar refractivity (Wildman–Crippen MR) is 121 cm³/mol. The van der Waals surface area contributed by atoms with E-state index in [2.05, 4.69) is 25.2 Å². The van der Waals surface area contributed by atoms with Gasteiger partial charge in [-0.05, 0) is 36.6 Å². The van der Waals surface area contributed by atoms with Crippen LogP contribution < -0.4 is 21.5 Å². The first kappa shape index (κ1) is 20.9. The molecule has 162 valence electrons. The number of nitrogen functional groups attached to an aromatic ring is 1. The van der Waals surface area contributed by atoms with E-state index in [9.17, 15) is 13.2 Å². The average molecular weight is 441 g/mol. The standard InChI is InChI=1S/C21H24N6O3S/c1-13-18(10-23-20(28)19(13)22)27-8-7-15-9-24-21(26-17(15)11-27)25-16-5-3-14(4-6-16)12-31(2,29)30/h3-6,9-10H,7-8,11-12,22H2,1-2H3,(H,23,28)(H,24,25,26). The molecule has 0 radical (unpaired) electrons. The van der Waals surface area contributed by atoms with Gasteiger partial charge in [0.25, 0.3) is 5.56 Å². The molecule has 0 fully saturated rings. The zero-order valence-corrected chi connectivity index (χ0v) is 18.2. The number of rotatable bonds is 5. The van der Waals surface area contributed by atoms with Crippen LogP contribution in [0.25, 0.3) is 0 Å². The second-order valence-corrected chi connectivity index (χ2v) is 9.91. The van der Waals surface area contributed by atoms with Crippen molar-refractivity contribution in [3.8, 4) is 0 Å². The third-order valence-electron chi connectivity index (χ3n) is 5.30. The van der Waals surface area contributed by atoms with Gasteiger partial charge in [-0.3, -0.25) is 4.79 Å². The maximum absolute atomic E-state index is 11.7. The lowest BCUT2D eigenvalue weighted by Crippen LogP contribution is -2.33. The summed E-state index contributed by atoms with van der Waals surface area (Å²) in [5.74, 6) is 0.474. The molecular formula is C21H24N6O3S. The van der Waals surface area contributed by atoms with Gasteiger partial charge in [-0.1, -0.05) is 12.1 Å². The van der Waals surface area contributed by atoms with Crippen molar-refractivity contribution in [2.24, 2.45) is 0 Å². The summed E-state index contributed by atoms with van der Waals surface area (Å²) in [6, 6.07) is 7.16. The number of fused-ring (bicyclic) bond motifs is 1. The fourth-order valence-electron chi connectivity index (χ4n) is 3.64. The largest absolute Gasteiger partial charge is 0.394 e. The van der Waals surface area contributed by atoms with Crippen molar-refractivity contribution in [1.29, 1.82) is 0 Å². The monoisotopic (exact) mass is 440 g/mol. The third kappa shape index (κ3) is 4.69. The lowest BCUT2D eigenvalue weighted by Gasteiger charge is -2.31. The van der Waals surface area contributed by atoms with E-state index in [4.69, 9.17) is 5.73 Å². The Balaban J connectivity index is 1.52. The SMILES string of the molecule is Cc1c(N2CCc3cnc(Nc4ccc(CS(C)(=O)=O)cc4)nc3C2)c[nH]c(=O)c1N. The number of hydrogen-bond donors (Lipinski definition) is 3. The van der Waals surface area contributed by atoms with Gasteiger partial charge in [-0.25, -0.2) is 18.4 Å². The number of hydrogen-bond acceptors (Lipinski definition) is 8. The smallest absolute Gasteiger partial charge is 0.271 e. The van der Waals surface area contributed by atoms with Gasteiger partial charge in [0.15, 0.2) is 9.84 Å². The molecule has 4 N–H and O–H groups in total. The van der Waals surface area contributed by atoms with Crippen LogP contribution >= 0.6 is 0 Å². The molecule has 4 rings (SSSR count). The Labute approximate surface area is 180 Å². The fraction of sp³-hybridized carbons (Fsp3) is 0.286. The van der Waals surface area contributed by atoms with Gasteiger partial charge in [0.2, 0.25) is 5.95 Å². The molecule has 0 atom stereocenters. The summed E-state index contributed by atoms with van der Waals surface area (Å²) in [5, 5.41) is 3.17. The lowest BCUT2D eigenvalue weighted by atomic mass is 10.1. The Morgan fingerprint density at radius 2 is 2.00 bits per heavy atom. The van der Waals surface area contributed by atoms with Crippen LogP contribution in [-0.4, -0.2) is 36.2 Å². The zero-order valence-electron chi connectivity index (χ0n) is 17.3. The minimum Gasteiger partial charge on any atom is -0.394 e. The molecule has 1 aliphatic heterocycles. The van der Waals surface area contributed by atoms with Crippen LogP contribution in [-0.2, 0) is 28.6 Å². The van der Waals surface area contributed by atoms with Gasteiger partial charge in [-0.2, -0.15) is 0 Å². The van der Waals surface area contributed by atoms with Crippen LogP contribution in [0.3, 0.4) is 0 Å². The van der Waals surface area contributed by atoms with E-state index in [0.717, 1.165) is 46.7 Å². The Kier molecular flexibility index (Phi) is 5.40. The van der Waals surface area contributed by atoms with Crippen LogP contribution in [0, 0.1) is 6.92 Å². The number of aromatic amines is 1. The summed E-state index contributed by atoms with van der Waals surface area (Å²) in [7, 11) is -3.07. The summed E-state index contributed by atoms with van der Waals surface area (Å²) < 4.78 is 22.9. The van der Waals surface area contributed by atoms with E-state index in [1.165, 1.54) is 6.26 Å². The summed E-state index contributed by atoms with van der Waals surface area (Å²) in [4.78, 5) is 25.6. The van der Waals surface area contributed by atoms with Gasteiger partial charge in [0.1, 0.15) is 5.69 Å². The van der Waals surface area contributed by atoms with Crippen LogP contribution in [0.15, 0.2) is 41.5 Å². The lowest BCUT2D eigenvalue weighted by molar-refractivity contribution is 0.601. The quantitative estimate of drug-likeness (QED) is 0.548. The molecule has 3 aromatic rings. The molecule has 10 heteroatoms. The summed E-state index contributed by atoms with van der Waals surface area (Å²) in [6.07, 6.45) is 5.52. The van der Waals surface area contributed by atoms with Crippen molar-refractivity contribution in [3.63, 3.8) is 0 Å². The molecule has 9 nitrogen and oxygen atoms in total. The zero-order chi connectivity index (χ0) is 22.2. The van der Waals surface area contributed by atoms with E-state index in [-0.39, 0.29) is 17.0 Å². The molecule has 31 heavy (non-hydrogen) atoms. The van der Waals surface area contributed by atoms with Crippen molar-refractivity contribution in [2.45, 2.75) is 25.6 Å². The number of H-pyrrole nitrogens is 1. The van der Waals surface area contributed by atoms with Crippen LogP contribution in [0.4, 0.5) is 23.0 Å². The second-order valence-electron chi connectivity index (χ2n) is 7.77. The molecule has 0 bridgehead atoms. The molecule has 0 spiro atoms. The number of benzene rings is 1. The number of nitrogens with zero attached hydrogens (tertiary/aromatic N) is 3. The van der Waals surface area contributed by atoms with E-state index >= 15 is 0 Å². The van der Waals surface area contributed by atoms with Crippen LogP contribution in [0.5, 0.6) is 0 Å². The van der Waals surface area contributed by atoms with E-state index in [1.54, 1.807) is 18.3 Å².